The van der Waals surface area contributed by atoms with E-state index in [1.807, 2.05) is 30.3 Å². The number of thioether (sulfide) groups is 1. The minimum atomic E-state index is 0.529. The zero-order chi connectivity index (χ0) is 16.9. The van der Waals surface area contributed by atoms with E-state index in [1.54, 1.807) is 18.0 Å². The van der Waals surface area contributed by atoms with Gasteiger partial charge in [0.05, 0.1) is 0 Å². The van der Waals surface area contributed by atoms with Crippen molar-refractivity contribution in [2.24, 2.45) is 0 Å². The molecule has 6 heteroatoms. The molecule has 0 bridgehead atoms. The average Bonchev–Trinajstić information content (AvgIpc) is 2.97. The molecule has 0 saturated carbocycles. The fraction of sp³-hybridized carbons (Fsp3) is 0.167. The van der Waals surface area contributed by atoms with Crippen LogP contribution in [0.2, 0.25) is 0 Å². The number of allylic oxidation sites excluding steroid dienone is 1. The van der Waals surface area contributed by atoms with Gasteiger partial charge >= 0.3 is 0 Å². The van der Waals surface area contributed by atoms with Crippen molar-refractivity contribution in [2.75, 3.05) is 5.73 Å². The number of pyridine rings is 1. The maximum absolute atomic E-state index is 5.74. The largest absolute Gasteiger partial charge is 0.384 e. The standard InChI is InChI=1S/C18H19N5S/c1-3-10-23-17(15-7-5-4-6-13(15)2)21-22-18(23)24-12-14-8-9-20-16(19)11-14/h3-9,11H,1,10,12H2,2H3,(H2,19,20). The summed E-state index contributed by atoms with van der Waals surface area (Å²) in [7, 11) is 0. The molecule has 0 spiro atoms. The van der Waals surface area contributed by atoms with Gasteiger partial charge in [0, 0.05) is 24.1 Å². The van der Waals surface area contributed by atoms with Crippen molar-refractivity contribution >= 4 is 17.6 Å². The molecule has 3 rings (SSSR count). The number of nitrogen functional groups attached to an aromatic ring is 1. The number of benzene rings is 1. The second-order valence-electron chi connectivity index (χ2n) is 5.40. The molecule has 122 valence electrons. The number of aromatic nitrogens is 4. The highest BCUT2D eigenvalue weighted by Gasteiger charge is 2.15. The normalized spacial score (nSPS) is 10.7. The molecule has 0 saturated heterocycles. The Morgan fingerprint density at radius 2 is 2.08 bits per heavy atom. The molecule has 0 radical (unpaired) electrons. The van der Waals surface area contributed by atoms with E-state index in [1.165, 1.54) is 5.56 Å². The Balaban J connectivity index is 1.89. The van der Waals surface area contributed by atoms with E-state index >= 15 is 0 Å². The molecule has 0 aliphatic heterocycles. The fourth-order valence-corrected chi connectivity index (χ4v) is 3.33. The van der Waals surface area contributed by atoms with Crippen molar-refractivity contribution in [2.45, 2.75) is 24.4 Å². The van der Waals surface area contributed by atoms with Crippen molar-refractivity contribution in [3.63, 3.8) is 0 Å². The van der Waals surface area contributed by atoms with Gasteiger partial charge in [0.25, 0.3) is 0 Å². The summed E-state index contributed by atoms with van der Waals surface area (Å²) in [6.45, 7) is 6.60. The zero-order valence-corrected chi connectivity index (χ0v) is 14.3. The molecule has 0 atom stereocenters. The first-order valence-electron chi connectivity index (χ1n) is 7.62. The van der Waals surface area contributed by atoms with Gasteiger partial charge < -0.3 is 5.73 Å². The molecule has 0 aliphatic rings. The van der Waals surface area contributed by atoms with Gasteiger partial charge in [0.15, 0.2) is 11.0 Å². The van der Waals surface area contributed by atoms with Gasteiger partial charge in [-0.25, -0.2) is 4.98 Å². The Morgan fingerprint density at radius 1 is 1.25 bits per heavy atom. The molecule has 2 aromatic heterocycles. The van der Waals surface area contributed by atoms with Crippen LogP contribution in [0.25, 0.3) is 11.4 Å². The highest BCUT2D eigenvalue weighted by molar-refractivity contribution is 7.98. The fourth-order valence-electron chi connectivity index (χ4n) is 2.44. The molecule has 0 unspecified atom stereocenters. The summed E-state index contributed by atoms with van der Waals surface area (Å²) in [6.07, 6.45) is 3.58. The zero-order valence-electron chi connectivity index (χ0n) is 13.5. The van der Waals surface area contributed by atoms with Crippen LogP contribution in [0.4, 0.5) is 5.82 Å². The quantitative estimate of drug-likeness (QED) is 0.548. The van der Waals surface area contributed by atoms with E-state index in [4.69, 9.17) is 5.73 Å². The summed E-state index contributed by atoms with van der Waals surface area (Å²) in [5, 5.41) is 9.64. The average molecular weight is 337 g/mol. The van der Waals surface area contributed by atoms with E-state index in [0.717, 1.165) is 27.9 Å². The minimum Gasteiger partial charge on any atom is -0.384 e. The van der Waals surface area contributed by atoms with Crippen molar-refractivity contribution < 1.29 is 0 Å². The molecule has 24 heavy (non-hydrogen) atoms. The van der Waals surface area contributed by atoms with Crippen molar-refractivity contribution in [1.29, 1.82) is 0 Å². The van der Waals surface area contributed by atoms with Crippen LogP contribution in [0, 0.1) is 6.92 Å². The van der Waals surface area contributed by atoms with Crippen LogP contribution >= 0.6 is 11.8 Å². The summed E-state index contributed by atoms with van der Waals surface area (Å²) >= 11 is 1.63. The maximum Gasteiger partial charge on any atom is 0.192 e. The van der Waals surface area contributed by atoms with Crippen LogP contribution in [0.1, 0.15) is 11.1 Å². The van der Waals surface area contributed by atoms with Gasteiger partial charge in [-0.2, -0.15) is 0 Å². The summed E-state index contributed by atoms with van der Waals surface area (Å²) < 4.78 is 2.09. The first kappa shape index (κ1) is 16.3. The number of nitrogens with two attached hydrogens (primary N) is 1. The van der Waals surface area contributed by atoms with Gasteiger partial charge in [0.2, 0.25) is 0 Å². The van der Waals surface area contributed by atoms with Gasteiger partial charge in [0.1, 0.15) is 5.82 Å². The lowest BCUT2D eigenvalue weighted by Crippen LogP contribution is -2.01. The second kappa shape index (κ2) is 7.31. The molecule has 0 amide bonds. The number of hydrogen-bond acceptors (Lipinski definition) is 5. The molecule has 2 N–H and O–H groups in total. The van der Waals surface area contributed by atoms with Gasteiger partial charge in [-0.15, -0.1) is 16.8 Å². The number of hydrogen-bond donors (Lipinski definition) is 1. The van der Waals surface area contributed by atoms with Crippen LogP contribution in [0.3, 0.4) is 0 Å². The Hall–Kier alpha value is -2.60. The van der Waals surface area contributed by atoms with Crippen molar-refractivity contribution in [3.8, 4) is 11.4 Å². The third-order valence-electron chi connectivity index (χ3n) is 3.63. The monoisotopic (exact) mass is 337 g/mol. The molecule has 1 aromatic carbocycles. The Labute approximate surface area is 145 Å². The molecular formula is C18H19N5S. The second-order valence-corrected chi connectivity index (χ2v) is 6.34. The van der Waals surface area contributed by atoms with Gasteiger partial charge in [-0.1, -0.05) is 42.1 Å². The van der Waals surface area contributed by atoms with Crippen molar-refractivity contribution in [3.05, 3.63) is 66.4 Å². The minimum absolute atomic E-state index is 0.529. The van der Waals surface area contributed by atoms with Crippen LogP contribution in [-0.4, -0.2) is 19.7 Å². The summed E-state index contributed by atoms with van der Waals surface area (Å²) in [5.41, 5.74) is 9.11. The van der Waals surface area contributed by atoms with E-state index in [-0.39, 0.29) is 0 Å². The first-order valence-corrected chi connectivity index (χ1v) is 8.61. The number of rotatable bonds is 6. The number of nitrogens with zero attached hydrogens (tertiary/aromatic N) is 4. The molecule has 2 heterocycles. The van der Waals surface area contributed by atoms with E-state index in [9.17, 15) is 0 Å². The van der Waals surface area contributed by atoms with Crippen LogP contribution in [0.5, 0.6) is 0 Å². The third kappa shape index (κ3) is 3.49. The third-order valence-corrected chi connectivity index (χ3v) is 4.67. The SMILES string of the molecule is C=CCn1c(SCc2ccnc(N)c2)nnc1-c1ccccc1C. The van der Waals surface area contributed by atoms with Gasteiger partial charge in [-0.3, -0.25) is 4.57 Å². The Bertz CT molecular complexity index is 856. The lowest BCUT2D eigenvalue weighted by Gasteiger charge is -2.09. The summed E-state index contributed by atoms with van der Waals surface area (Å²) in [5.74, 6) is 2.15. The smallest absolute Gasteiger partial charge is 0.192 e. The molecular weight excluding hydrogens is 318 g/mol. The van der Waals surface area contributed by atoms with Crippen molar-refractivity contribution in [1.82, 2.24) is 19.7 Å². The number of aryl methyl sites for hydroxylation is 1. The van der Waals surface area contributed by atoms with Crippen LogP contribution in [0.15, 0.2) is 60.4 Å². The molecule has 0 fully saturated rings. The molecule has 0 aliphatic carbocycles. The lowest BCUT2D eigenvalue weighted by molar-refractivity contribution is 0.731. The Kier molecular flexibility index (Phi) is 4.96. The first-order chi connectivity index (χ1) is 11.7. The lowest BCUT2D eigenvalue weighted by atomic mass is 10.1. The Morgan fingerprint density at radius 3 is 2.83 bits per heavy atom. The van der Waals surface area contributed by atoms with E-state index < -0.39 is 0 Å². The molecule has 5 nitrogen and oxygen atoms in total. The van der Waals surface area contributed by atoms with Crippen LogP contribution in [-0.2, 0) is 12.3 Å². The summed E-state index contributed by atoms with van der Waals surface area (Å²) in [6, 6.07) is 12.0. The highest BCUT2D eigenvalue weighted by Crippen LogP contribution is 2.28. The number of anilines is 1. The predicted octanol–water partition coefficient (Wildman–Crippen LogP) is 3.71. The maximum atomic E-state index is 5.74. The predicted molar refractivity (Wildman–Crippen MR) is 98.6 cm³/mol. The van der Waals surface area contributed by atoms with Gasteiger partial charge in [-0.05, 0) is 30.2 Å². The molecule has 3 aromatic rings. The van der Waals surface area contributed by atoms with E-state index in [0.29, 0.717) is 12.4 Å². The topological polar surface area (TPSA) is 69.6 Å². The van der Waals surface area contributed by atoms with Crippen LogP contribution < -0.4 is 5.73 Å². The highest BCUT2D eigenvalue weighted by atomic mass is 32.2. The summed E-state index contributed by atoms with van der Waals surface area (Å²) in [4.78, 5) is 4.02. The van der Waals surface area contributed by atoms with E-state index in [2.05, 4.69) is 45.4 Å².